The van der Waals surface area contributed by atoms with Crippen LogP contribution in [0.15, 0.2) is 48.5 Å². The number of hydrogen-bond acceptors (Lipinski definition) is 4. The van der Waals surface area contributed by atoms with Crippen LogP contribution in [-0.2, 0) is 4.79 Å². The summed E-state index contributed by atoms with van der Waals surface area (Å²) in [5.41, 5.74) is 1.22. The molecule has 5 nitrogen and oxygen atoms in total. The van der Waals surface area contributed by atoms with E-state index in [0.717, 1.165) is 11.3 Å². The summed E-state index contributed by atoms with van der Waals surface area (Å²) in [6.07, 6.45) is 2.67. The highest BCUT2D eigenvalue weighted by Gasteiger charge is 2.14. The van der Waals surface area contributed by atoms with Gasteiger partial charge in [-0.15, -0.1) is 0 Å². The number of para-hydroxylation sites is 1. The van der Waals surface area contributed by atoms with Crippen molar-refractivity contribution in [2.45, 2.75) is 26.5 Å². The highest BCUT2D eigenvalue weighted by atomic mass is 19.3. The summed E-state index contributed by atoms with van der Waals surface area (Å²) in [4.78, 5) is 12.2. The standard InChI is InChI=1S/C21H23F2NO4/c1-4-27-17-11-8-15(9-12-17)14(2)24-19(25)13-10-16-6-5-7-18(26-3)20(16)28-21(22)23/h5-14,21H,4H2,1-3H3,(H,24,25)/b13-10+. The molecular weight excluding hydrogens is 368 g/mol. The molecule has 1 atom stereocenters. The first-order valence-corrected chi connectivity index (χ1v) is 8.77. The van der Waals surface area contributed by atoms with Crippen molar-refractivity contribution in [3.05, 3.63) is 59.7 Å². The minimum absolute atomic E-state index is 0.122. The van der Waals surface area contributed by atoms with E-state index in [1.165, 1.54) is 25.3 Å². The van der Waals surface area contributed by atoms with Gasteiger partial charge in [0, 0.05) is 11.6 Å². The molecule has 0 aliphatic heterocycles. The maximum atomic E-state index is 12.7. The molecule has 0 bridgehead atoms. The van der Waals surface area contributed by atoms with Gasteiger partial charge in [0.1, 0.15) is 5.75 Å². The molecule has 2 aromatic rings. The van der Waals surface area contributed by atoms with Crippen LogP contribution in [0.3, 0.4) is 0 Å². The molecule has 2 rings (SSSR count). The SMILES string of the molecule is CCOc1ccc(C(C)NC(=O)/C=C/c2cccc(OC)c2OC(F)F)cc1. The highest BCUT2D eigenvalue weighted by molar-refractivity contribution is 5.92. The van der Waals surface area contributed by atoms with Crippen molar-refractivity contribution in [3.63, 3.8) is 0 Å². The van der Waals surface area contributed by atoms with E-state index in [4.69, 9.17) is 9.47 Å². The van der Waals surface area contributed by atoms with Gasteiger partial charge in [0.05, 0.1) is 19.8 Å². The molecule has 0 saturated heterocycles. The molecule has 2 aromatic carbocycles. The van der Waals surface area contributed by atoms with Crippen molar-refractivity contribution >= 4 is 12.0 Å². The van der Waals surface area contributed by atoms with Gasteiger partial charge in [0.15, 0.2) is 11.5 Å². The predicted molar refractivity (Wildman–Crippen MR) is 103 cm³/mol. The van der Waals surface area contributed by atoms with Gasteiger partial charge < -0.3 is 19.5 Å². The Morgan fingerprint density at radius 1 is 1.18 bits per heavy atom. The number of alkyl halides is 2. The topological polar surface area (TPSA) is 56.8 Å². The fraction of sp³-hybridized carbons (Fsp3) is 0.286. The normalized spacial score (nSPS) is 12.1. The molecule has 7 heteroatoms. The number of ether oxygens (including phenoxy) is 3. The van der Waals surface area contributed by atoms with Gasteiger partial charge in [0.2, 0.25) is 5.91 Å². The Kier molecular flexibility index (Phi) is 7.80. The average molecular weight is 391 g/mol. The van der Waals surface area contributed by atoms with Crippen LogP contribution in [0, 0.1) is 0 Å². The van der Waals surface area contributed by atoms with E-state index in [9.17, 15) is 13.6 Å². The van der Waals surface area contributed by atoms with Gasteiger partial charge in [-0.25, -0.2) is 0 Å². The quantitative estimate of drug-likeness (QED) is 0.636. The Balaban J connectivity index is 2.07. The molecule has 0 aromatic heterocycles. The average Bonchev–Trinajstić information content (AvgIpc) is 2.67. The molecule has 0 heterocycles. The molecular formula is C21H23F2NO4. The number of nitrogens with one attached hydrogen (secondary N) is 1. The number of benzene rings is 2. The monoisotopic (exact) mass is 391 g/mol. The van der Waals surface area contributed by atoms with E-state index in [-0.39, 0.29) is 23.4 Å². The van der Waals surface area contributed by atoms with Crippen molar-refractivity contribution in [3.8, 4) is 17.2 Å². The third-order valence-corrected chi connectivity index (χ3v) is 3.90. The third-order valence-electron chi connectivity index (χ3n) is 3.90. The zero-order chi connectivity index (χ0) is 20.5. The van der Waals surface area contributed by atoms with Gasteiger partial charge >= 0.3 is 6.61 Å². The number of amides is 1. The number of rotatable bonds is 9. The lowest BCUT2D eigenvalue weighted by atomic mass is 10.1. The molecule has 0 aliphatic rings. The molecule has 1 N–H and O–H groups in total. The molecule has 0 radical (unpaired) electrons. The largest absolute Gasteiger partial charge is 0.494 e. The summed E-state index contributed by atoms with van der Waals surface area (Å²) in [5.74, 6) is 0.427. The van der Waals surface area contributed by atoms with Crippen LogP contribution in [0.5, 0.6) is 17.2 Å². The van der Waals surface area contributed by atoms with Crippen molar-refractivity contribution < 1.29 is 27.8 Å². The predicted octanol–water partition coefficient (Wildman–Crippen LogP) is 4.59. The number of methoxy groups -OCH3 is 1. The fourth-order valence-corrected chi connectivity index (χ4v) is 2.57. The van der Waals surface area contributed by atoms with Gasteiger partial charge in [0.25, 0.3) is 0 Å². The second kappa shape index (κ2) is 10.3. The van der Waals surface area contributed by atoms with Crippen LogP contribution in [0.2, 0.25) is 0 Å². The molecule has 0 spiro atoms. The van der Waals surface area contributed by atoms with Crippen LogP contribution in [-0.4, -0.2) is 26.2 Å². The Bertz CT molecular complexity index is 807. The van der Waals surface area contributed by atoms with Crippen molar-refractivity contribution in [1.82, 2.24) is 5.32 Å². The number of carbonyl (C=O) groups excluding carboxylic acids is 1. The summed E-state index contributed by atoms with van der Waals surface area (Å²) in [6.45, 7) is 1.33. The van der Waals surface area contributed by atoms with E-state index >= 15 is 0 Å². The fourth-order valence-electron chi connectivity index (χ4n) is 2.57. The van der Waals surface area contributed by atoms with E-state index in [0.29, 0.717) is 12.2 Å². The molecule has 1 unspecified atom stereocenters. The van der Waals surface area contributed by atoms with Gasteiger partial charge in [-0.1, -0.05) is 24.3 Å². The molecule has 0 aliphatic carbocycles. The first kappa shape index (κ1) is 21.2. The minimum Gasteiger partial charge on any atom is -0.494 e. The maximum Gasteiger partial charge on any atom is 0.387 e. The third kappa shape index (κ3) is 5.97. The summed E-state index contributed by atoms with van der Waals surface area (Å²) in [5, 5.41) is 2.82. The lowest BCUT2D eigenvalue weighted by Crippen LogP contribution is -2.24. The van der Waals surface area contributed by atoms with Crippen molar-refractivity contribution in [2.24, 2.45) is 0 Å². The summed E-state index contributed by atoms with van der Waals surface area (Å²) < 4.78 is 40.3. The van der Waals surface area contributed by atoms with Crippen LogP contribution in [0.1, 0.15) is 31.0 Å². The van der Waals surface area contributed by atoms with Crippen LogP contribution < -0.4 is 19.5 Å². The van der Waals surface area contributed by atoms with Crippen molar-refractivity contribution in [2.75, 3.05) is 13.7 Å². The smallest absolute Gasteiger partial charge is 0.387 e. The van der Waals surface area contributed by atoms with Crippen LogP contribution in [0.25, 0.3) is 6.08 Å². The van der Waals surface area contributed by atoms with Gasteiger partial charge in [-0.05, 0) is 43.7 Å². The van der Waals surface area contributed by atoms with Crippen LogP contribution in [0.4, 0.5) is 8.78 Å². The lowest BCUT2D eigenvalue weighted by Gasteiger charge is -2.14. The number of hydrogen-bond donors (Lipinski definition) is 1. The lowest BCUT2D eigenvalue weighted by molar-refractivity contribution is -0.117. The second-order valence-electron chi connectivity index (χ2n) is 5.82. The Hall–Kier alpha value is -3.09. The van der Waals surface area contributed by atoms with E-state index < -0.39 is 6.61 Å². The zero-order valence-corrected chi connectivity index (χ0v) is 15.9. The van der Waals surface area contributed by atoms with E-state index in [2.05, 4.69) is 10.1 Å². The van der Waals surface area contributed by atoms with Crippen molar-refractivity contribution in [1.29, 1.82) is 0 Å². The highest BCUT2D eigenvalue weighted by Crippen LogP contribution is 2.33. The van der Waals surface area contributed by atoms with E-state index in [1.54, 1.807) is 12.1 Å². The molecule has 28 heavy (non-hydrogen) atoms. The Morgan fingerprint density at radius 2 is 1.89 bits per heavy atom. The van der Waals surface area contributed by atoms with Crippen LogP contribution >= 0.6 is 0 Å². The first-order chi connectivity index (χ1) is 13.4. The molecule has 1 amide bonds. The number of carbonyl (C=O) groups is 1. The van der Waals surface area contributed by atoms with Gasteiger partial charge in [-0.2, -0.15) is 8.78 Å². The molecule has 0 fully saturated rings. The van der Waals surface area contributed by atoms with E-state index in [1.807, 2.05) is 38.1 Å². The molecule has 0 saturated carbocycles. The zero-order valence-electron chi connectivity index (χ0n) is 15.9. The molecule has 150 valence electrons. The minimum atomic E-state index is -3.00. The Morgan fingerprint density at radius 3 is 2.50 bits per heavy atom. The summed E-state index contributed by atoms with van der Waals surface area (Å²) in [6, 6.07) is 11.9. The Labute approximate surface area is 162 Å². The first-order valence-electron chi connectivity index (χ1n) is 8.77. The summed E-state index contributed by atoms with van der Waals surface area (Å²) in [7, 11) is 1.35. The van der Waals surface area contributed by atoms with Gasteiger partial charge in [-0.3, -0.25) is 4.79 Å². The summed E-state index contributed by atoms with van der Waals surface area (Å²) >= 11 is 0. The maximum absolute atomic E-state index is 12.7. The second-order valence-corrected chi connectivity index (χ2v) is 5.82. The number of halogens is 2.